The number of aryl methyl sites for hydroxylation is 1. The Morgan fingerprint density at radius 1 is 1.11 bits per heavy atom. The van der Waals surface area contributed by atoms with Gasteiger partial charge < -0.3 is 10.1 Å². The summed E-state index contributed by atoms with van der Waals surface area (Å²) in [4.78, 5) is 13.7. The lowest BCUT2D eigenvalue weighted by atomic mass is 9.97. The average molecular weight is 550 g/mol. The minimum absolute atomic E-state index is 0.00526. The molecule has 0 bridgehead atoms. The van der Waals surface area contributed by atoms with Crippen molar-refractivity contribution in [2.45, 2.75) is 43.6 Å². The summed E-state index contributed by atoms with van der Waals surface area (Å²) in [5.41, 5.74) is 3.16. The molecule has 0 saturated heterocycles. The molecule has 1 amide bonds. The number of carbonyl (C=O) groups is 1. The molecule has 0 unspecified atom stereocenters. The number of fused-ring (bicyclic) bond motifs is 3. The minimum Gasteiger partial charge on any atom is -0.437 e. The van der Waals surface area contributed by atoms with E-state index < -0.39 is 5.92 Å². The van der Waals surface area contributed by atoms with Gasteiger partial charge in [0.15, 0.2) is 0 Å². The van der Waals surface area contributed by atoms with E-state index >= 15 is 0 Å². The van der Waals surface area contributed by atoms with Crippen LogP contribution in [0.2, 0.25) is 0 Å². The summed E-state index contributed by atoms with van der Waals surface area (Å²) in [5.74, 6) is -3.21. The first-order chi connectivity index (χ1) is 17.2. The molecule has 2 atom stereocenters. The molecule has 0 aliphatic heterocycles. The van der Waals surface area contributed by atoms with Gasteiger partial charge in [0.2, 0.25) is 0 Å². The topological polar surface area (TPSA) is 64.1 Å². The average Bonchev–Trinajstić information content (AvgIpc) is 3.42. The number of rotatable bonds is 5. The molecule has 182 valence electrons. The number of nitrogens with one attached hydrogen (secondary N) is 1. The first-order valence-electron chi connectivity index (χ1n) is 11.8. The van der Waals surface area contributed by atoms with Gasteiger partial charge in [-0.2, -0.15) is 0 Å². The van der Waals surface area contributed by atoms with Gasteiger partial charge in [0.05, 0.1) is 5.52 Å². The fraction of sp³-hybridized carbons (Fsp3) is 0.250. The fourth-order valence-electron chi connectivity index (χ4n) is 5.32. The van der Waals surface area contributed by atoms with E-state index in [1.165, 1.54) is 29.3 Å². The number of alkyl halides is 2. The maximum Gasteiger partial charge on any atom is 0.270 e. The highest BCUT2D eigenvalue weighted by Crippen LogP contribution is 2.57. The van der Waals surface area contributed by atoms with Crippen LogP contribution < -0.4 is 10.1 Å². The van der Waals surface area contributed by atoms with Gasteiger partial charge in [-0.1, -0.05) is 52.3 Å². The molecule has 1 N–H and O–H groups in total. The summed E-state index contributed by atoms with van der Waals surface area (Å²) in [5, 5.41) is 12.1. The molecule has 1 saturated carbocycles. The molecule has 0 radical (unpaired) electrons. The van der Waals surface area contributed by atoms with E-state index in [-0.39, 0.29) is 40.1 Å². The highest BCUT2D eigenvalue weighted by Gasteiger charge is 2.58. The van der Waals surface area contributed by atoms with Crippen molar-refractivity contribution in [1.82, 2.24) is 15.5 Å². The molecule has 3 aromatic carbocycles. The second kappa shape index (κ2) is 8.34. The van der Waals surface area contributed by atoms with Crippen LogP contribution in [-0.2, 0) is 17.8 Å². The Morgan fingerprint density at radius 2 is 1.94 bits per heavy atom. The number of aromatic nitrogens is 2. The predicted octanol–water partition coefficient (Wildman–Crippen LogP) is 6.68. The van der Waals surface area contributed by atoms with Gasteiger partial charge in [-0.15, -0.1) is 10.2 Å². The molecule has 2 aliphatic carbocycles. The molecule has 1 heterocycles. The van der Waals surface area contributed by atoms with Gasteiger partial charge in [0, 0.05) is 33.8 Å². The summed E-state index contributed by atoms with van der Waals surface area (Å²) in [6.07, 6.45) is 2.84. The molecule has 1 aromatic heterocycles. The standard InChI is InChI=1S/C28H22BrF2N3O2/c1-27(30,31)17-5-4-6-19(14-17)36-26-24(20-7-2-3-8-22(20)33-34-26)25(35)32-23-15-28(23)12-11-16-13-18(29)9-10-21(16)28/h2-10,13-14,23H,11-12,15H2,1H3,(H,32,35)/t23-,28+/m0/s1. The smallest absolute Gasteiger partial charge is 0.270 e. The lowest BCUT2D eigenvalue weighted by molar-refractivity contribution is 0.0173. The van der Waals surface area contributed by atoms with Gasteiger partial charge >= 0.3 is 0 Å². The first kappa shape index (κ1) is 23.0. The van der Waals surface area contributed by atoms with Crippen LogP contribution in [0.1, 0.15) is 46.8 Å². The largest absolute Gasteiger partial charge is 0.437 e. The zero-order valence-corrected chi connectivity index (χ0v) is 21.0. The third kappa shape index (κ3) is 3.93. The van der Waals surface area contributed by atoms with Crippen LogP contribution in [-0.4, -0.2) is 22.1 Å². The Bertz CT molecular complexity index is 1520. The number of benzene rings is 3. The summed E-state index contributed by atoms with van der Waals surface area (Å²) in [7, 11) is 0. The van der Waals surface area contributed by atoms with Gasteiger partial charge in [0.25, 0.3) is 17.7 Å². The van der Waals surface area contributed by atoms with Crippen molar-refractivity contribution in [1.29, 1.82) is 0 Å². The Kier molecular flexibility index (Phi) is 5.33. The van der Waals surface area contributed by atoms with E-state index in [0.29, 0.717) is 10.9 Å². The number of hydrogen-bond acceptors (Lipinski definition) is 4. The van der Waals surface area contributed by atoms with Crippen molar-refractivity contribution in [3.63, 3.8) is 0 Å². The molecule has 8 heteroatoms. The molecule has 36 heavy (non-hydrogen) atoms. The van der Waals surface area contributed by atoms with Crippen LogP contribution >= 0.6 is 15.9 Å². The summed E-state index contributed by atoms with van der Waals surface area (Å²) in [6, 6.07) is 19.1. The molecule has 1 fully saturated rings. The summed E-state index contributed by atoms with van der Waals surface area (Å²) in [6.45, 7) is 0.826. The van der Waals surface area contributed by atoms with Gasteiger partial charge in [-0.25, -0.2) is 8.78 Å². The Labute approximate surface area is 215 Å². The Hall–Kier alpha value is -3.39. The third-order valence-electron chi connectivity index (χ3n) is 7.24. The molecule has 6 rings (SSSR count). The Balaban J connectivity index is 1.33. The molecule has 2 aliphatic rings. The van der Waals surface area contributed by atoms with E-state index in [1.54, 1.807) is 18.2 Å². The van der Waals surface area contributed by atoms with Crippen LogP contribution in [0, 0.1) is 0 Å². The number of amides is 1. The maximum absolute atomic E-state index is 13.9. The van der Waals surface area contributed by atoms with Crippen LogP contribution in [0.25, 0.3) is 10.9 Å². The van der Waals surface area contributed by atoms with Crippen LogP contribution in [0.15, 0.2) is 71.2 Å². The van der Waals surface area contributed by atoms with Crippen LogP contribution in [0.3, 0.4) is 0 Å². The van der Waals surface area contributed by atoms with Crippen molar-refractivity contribution < 1.29 is 18.3 Å². The number of hydrogen-bond donors (Lipinski definition) is 1. The second-order valence-electron chi connectivity index (χ2n) is 9.60. The quantitative estimate of drug-likeness (QED) is 0.301. The zero-order chi connectivity index (χ0) is 25.1. The molecular weight excluding hydrogens is 528 g/mol. The van der Waals surface area contributed by atoms with E-state index in [2.05, 4.69) is 43.6 Å². The lowest BCUT2D eigenvalue weighted by Gasteiger charge is -2.16. The van der Waals surface area contributed by atoms with E-state index in [9.17, 15) is 13.6 Å². The number of halogens is 3. The molecule has 1 spiro atoms. The molecular formula is C28H22BrF2N3O2. The predicted molar refractivity (Wildman–Crippen MR) is 136 cm³/mol. The van der Waals surface area contributed by atoms with Gasteiger partial charge in [0.1, 0.15) is 11.3 Å². The van der Waals surface area contributed by atoms with Crippen LogP contribution in [0.4, 0.5) is 8.78 Å². The van der Waals surface area contributed by atoms with Gasteiger partial charge in [-0.3, -0.25) is 4.79 Å². The van der Waals surface area contributed by atoms with Crippen molar-refractivity contribution in [2.24, 2.45) is 0 Å². The number of ether oxygens (including phenoxy) is 1. The number of carbonyl (C=O) groups excluding carboxylic acids is 1. The van der Waals surface area contributed by atoms with Crippen molar-refractivity contribution in [3.05, 3.63) is 93.5 Å². The first-order valence-corrected chi connectivity index (χ1v) is 12.6. The summed E-state index contributed by atoms with van der Waals surface area (Å²) >= 11 is 3.54. The highest BCUT2D eigenvalue weighted by atomic mass is 79.9. The van der Waals surface area contributed by atoms with Crippen molar-refractivity contribution in [3.8, 4) is 11.6 Å². The SMILES string of the molecule is CC(F)(F)c1cccc(Oc2nnc3ccccc3c2C(=O)N[C@H]2C[C@@]23CCc2cc(Br)ccc23)c1. The van der Waals surface area contributed by atoms with E-state index in [0.717, 1.165) is 30.7 Å². The van der Waals surface area contributed by atoms with Crippen molar-refractivity contribution in [2.75, 3.05) is 0 Å². The van der Waals surface area contributed by atoms with E-state index in [1.807, 2.05) is 18.2 Å². The zero-order valence-electron chi connectivity index (χ0n) is 19.4. The molecule has 4 aromatic rings. The molecule has 5 nitrogen and oxygen atoms in total. The maximum atomic E-state index is 13.9. The monoisotopic (exact) mass is 549 g/mol. The van der Waals surface area contributed by atoms with Gasteiger partial charge in [-0.05, 0) is 60.7 Å². The van der Waals surface area contributed by atoms with Crippen molar-refractivity contribution >= 4 is 32.7 Å². The summed E-state index contributed by atoms with van der Waals surface area (Å²) < 4.78 is 34.7. The second-order valence-corrected chi connectivity index (χ2v) is 10.5. The van der Waals surface area contributed by atoms with E-state index in [4.69, 9.17) is 4.74 Å². The number of nitrogens with zero attached hydrogens (tertiary/aromatic N) is 2. The minimum atomic E-state index is -3.03. The highest BCUT2D eigenvalue weighted by molar-refractivity contribution is 9.10. The fourth-order valence-corrected chi connectivity index (χ4v) is 5.73. The normalized spacial score (nSPS) is 20.4. The van der Waals surface area contributed by atoms with Crippen LogP contribution in [0.5, 0.6) is 11.6 Å². The lowest BCUT2D eigenvalue weighted by Crippen LogP contribution is -2.31. The Morgan fingerprint density at radius 3 is 2.78 bits per heavy atom. The third-order valence-corrected chi connectivity index (χ3v) is 7.74.